The highest BCUT2D eigenvalue weighted by Gasteiger charge is 2.94. The number of hydrogen-bond donors (Lipinski definition) is 1. The van der Waals surface area contributed by atoms with Crippen LogP contribution in [0.2, 0.25) is 0 Å². The first kappa shape index (κ1) is 18.3. The van der Waals surface area contributed by atoms with Gasteiger partial charge in [-0.1, -0.05) is 0 Å². The number of nitrogens with two attached hydrogens (primary N) is 1. The normalized spacial score (nSPS) is 33.8. The molecule has 8 rings (SSSR count). The number of halogens is 3. The SMILES string of the molecule is Nc1ncc(-c2cn([C@]34C5[C@@H]3[C@@H]4CN5C3COC3)c(CC3CC3)n2)cc1OC(F)(F)F. The summed E-state index contributed by atoms with van der Waals surface area (Å²) in [7, 11) is 0. The number of anilines is 1. The van der Waals surface area contributed by atoms with Crippen LogP contribution < -0.4 is 10.5 Å². The lowest BCUT2D eigenvalue weighted by Gasteiger charge is -2.34. The molecule has 0 aromatic carbocycles. The molecule has 2 aromatic heterocycles. The maximum Gasteiger partial charge on any atom is 0.573 e. The van der Waals surface area contributed by atoms with Crippen molar-refractivity contribution in [2.75, 3.05) is 25.5 Å². The molecular formula is C21H22F3N5O2. The van der Waals surface area contributed by atoms with Crippen molar-refractivity contribution in [3.05, 3.63) is 24.3 Å². The van der Waals surface area contributed by atoms with Crippen molar-refractivity contribution >= 4 is 5.82 Å². The van der Waals surface area contributed by atoms with Gasteiger partial charge in [-0.2, -0.15) is 0 Å². The minimum absolute atomic E-state index is 0.123. The zero-order valence-corrected chi connectivity index (χ0v) is 16.7. The molecule has 2 bridgehead atoms. The minimum atomic E-state index is -4.83. The number of pyridine rings is 1. The maximum atomic E-state index is 12.7. The smallest absolute Gasteiger partial charge is 0.402 e. The Morgan fingerprint density at radius 1 is 1.29 bits per heavy atom. The molecular weight excluding hydrogens is 411 g/mol. The van der Waals surface area contributed by atoms with Gasteiger partial charge in [0.15, 0.2) is 11.6 Å². The molecule has 2 N–H and O–H groups in total. The van der Waals surface area contributed by atoms with E-state index in [0.717, 1.165) is 32.0 Å². The molecule has 31 heavy (non-hydrogen) atoms. The first-order valence-corrected chi connectivity index (χ1v) is 10.8. The van der Waals surface area contributed by atoms with Crippen LogP contribution in [0.4, 0.5) is 19.0 Å². The lowest BCUT2D eigenvalue weighted by Crippen LogP contribution is -2.48. The highest BCUT2D eigenvalue weighted by Crippen LogP contribution is 2.84. The van der Waals surface area contributed by atoms with Crippen LogP contribution in [0.1, 0.15) is 18.7 Å². The number of aromatic nitrogens is 3. The van der Waals surface area contributed by atoms with Gasteiger partial charge < -0.3 is 19.8 Å². The van der Waals surface area contributed by atoms with E-state index in [1.165, 1.54) is 25.1 Å². The van der Waals surface area contributed by atoms with Crippen LogP contribution >= 0.6 is 0 Å². The van der Waals surface area contributed by atoms with Gasteiger partial charge in [0, 0.05) is 48.8 Å². The van der Waals surface area contributed by atoms with Crippen LogP contribution in [0.3, 0.4) is 0 Å². The van der Waals surface area contributed by atoms with Crippen molar-refractivity contribution in [3.63, 3.8) is 0 Å². The summed E-state index contributed by atoms with van der Waals surface area (Å²) in [5, 5.41) is 0. The van der Waals surface area contributed by atoms with Crippen molar-refractivity contribution in [3.8, 4) is 17.0 Å². The molecule has 10 heteroatoms. The molecule has 2 aromatic rings. The lowest BCUT2D eigenvalue weighted by molar-refractivity contribution is -0.274. The third-order valence-electron chi connectivity index (χ3n) is 7.78. The summed E-state index contributed by atoms with van der Waals surface area (Å²) in [4.78, 5) is 11.4. The van der Waals surface area contributed by atoms with Gasteiger partial charge in [-0.3, -0.25) is 4.90 Å². The van der Waals surface area contributed by atoms with Gasteiger partial charge in [0.05, 0.1) is 30.5 Å². The van der Waals surface area contributed by atoms with Gasteiger partial charge in [-0.15, -0.1) is 13.2 Å². The minimum Gasteiger partial charge on any atom is -0.402 e. The Morgan fingerprint density at radius 3 is 2.74 bits per heavy atom. The fraction of sp³-hybridized carbons (Fsp3) is 0.619. The Morgan fingerprint density at radius 2 is 2.10 bits per heavy atom. The Balaban J connectivity index is 1.23. The number of imidazole rings is 1. The van der Waals surface area contributed by atoms with E-state index in [2.05, 4.69) is 19.2 Å². The largest absolute Gasteiger partial charge is 0.573 e. The molecule has 3 saturated heterocycles. The van der Waals surface area contributed by atoms with E-state index in [0.29, 0.717) is 41.1 Å². The summed E-state index contributed by atoms with van der Waals surface area (Å²) in [6, 6.07) is 2.35. The van der Waals surface area contributed by atoms with Gasteiger partial charge >= 0.3 is 6.36 Å². The average Bonchev–Trinajstić information content (AvgIpc) is 3.58. The molecule has 3 aliphatic carbocycles. The van der Waals surface area contributed by atoms with Crippen LogP contribution in [0, 0.1) is 17.8 Å². The second kappa shape index (κ2) is 5.72. The molecule has 0 radical (unpaired) electrons. The van der Waals surface area contributed by atoms with Crippen molar-refractivity contribution in [2.24, 2.45) is 17.8 Å². The van der Waals surface area contributed by atoms with Crippen LogP contribution in [-0.4, -0.2) is 57.6 Å². The Bertz CT molecular complexity index is 1070. The molecule has 4 atom stereocenters. The van der Waals surface area contributed by atoms with Crippen molar-refractivity contribution in [1.82, 2.24) is 19.4 Å². The predicted octanol–water partition coefficient (Wildman–Crippen LogP) is 2.42. The number of hydrogen-bond acceptors (Lipinski definition) is 6. The Kier molecular flexibility index (Phi) is 3.37. The maximum absolute atomic E-state index is 12.7. The number of ether oxygens (including phenoxy) is 2. The van der Waals surface area contributed by atoms with Crippen molar-refractivity contribution < 1.29 is 22.6 Å². The monoisotopic (exact) mass is 433 g/mol. The zero-order valence-electron chi connectivity index (χ0n) is 16.7. The first-order valence-electron chi connectivity index (χ1n) is 10.8. The summed E-state index contributed by atoms with van der Waals surface area (Å²) in [5.74, 6) is 2.22. The number of fused-ring (bicyclic) bond motifs is 1. The molecule has 1 unspecified atom stereocenters. The molecule has 3 saturated carbocycles. The highest BCUT2D eigenvalue weighted by molar-refractivity contribution is 5.64. The highest BCUT2D eigenvalue weighted by atomic mass is 19.4. The van der Waals surface area contributed by atoms with Crippen LogP contribution in [0.5, 0.6) is 5.75 Å². The second-order valence-electron chi connectivity index (χ2n) is 9.57. The van der Waals surface area contributed by atoms with E-state index in [-0.39, 0.29) is 11.4 Å². The molecule has 6 aliphatic rings. The molecule has 0 amide bonds. The summed E-state index contributed by atoms with van der Waals surface area (Å²) in [5.41, 5.74) is 6.83. The third kappa shape index (κ3) is 2.54. The molecule has 7 nitrogen and oxygen atoms in total. The van der Waals surface area contributed by atoms with Gasteiger partial charge in [-0.25, -0.2) is 9.97 Å². The molecule has 5 heterocycles. The Labute approximate surface area is 176 Å². The average molecular weight is 433 g/mol. The van der Waals surface area contributed by atoms with Gasteiger partial charge in [0.25, 0.3) is 0 Å². The van der Waals surface area contributed by atoms with E-state index in [1.807, 2.05) is 6.20 Å². The van der Waals surface area contributed by atoms with E-state index in [1.54, 1.807) is 0 Å². The van der Waals surface area contributed by atoms with E-state index < -0.39 is 12.1 Å². The van der Waals surface area contributed by atoms with Crippen LogP contribution in [-0.2, 0) is 16.7 Å². The second-order valence-corrected chi connectivity index (χ2v) is 9.57. The van der Waals surface area contributed by atoms with E-state index in [9.17, 15) is 13.2 Å². The molecule has 0 spiro atoms. The molecule has 6 fully saturated rings. The lowest BCUT2D eigenvalue weighted by atomic mass is 10.1. The third-order valence-corrected chi connectivity index (χ3v) is 7.78. The fourth-order valence-electron chi connectivity index (χ4n) is 5.98. The van der Waals surface area contributed by atoms with E-state index in [4.69, 9.17) is 15.5 Å². The standard InChI is InChI=1S/C21H22F3N5O2/c22-21(23,24)31-15-4-11(5-26-19(15)25)14-7-29(16(27-14)3-10-1-2-10)20-13-6-28(12-8-30-9-12)18(20)17(13)20/h4-5,7,10,12-13,17-18H,1-3,6,8-9H2,(H2,25,26)/t13-,17-,18?,20-/m0/s1. The van der Waals surface area contributed by atoms with Crippen molar-refractivity contribution in [1.29, 1.82) is 0 Å². The fourth-order valence-corrected chi connectivity index (χ4v) is 5.98. The Hall–Kier alpha value is -2.33. The van der Waals surface area contributed by atoms with Gasteiger partial charge in [0.2, 0.25) is 0 Å². The topological polar surface area (TPSA) is 78.4 Å². The zero-order chi connectivity index (χ0) is 21.1. The van der Waals surface area contributed by atoms with E-state index >= 15 is 0 Å². The van der Waals surface area contributed by atoms with Gasteiger partial charge in [-0.05, 0) is 24.8 Å². The quantitative estimate of drug-likeness (QED) is 0.754. The number of nitrogens with zero attached hydrogens (tertiary/aromatic N) is 4. The number of piperidine rings is 1. The predicted molar refractivity (Wildman–Crippen MR) is 103 cm³/mol. The summed E-state index contributed by atoms with van der Waals surface area (Å²) >= 11 is 0. The van der Waals surface area contributed by atoms with Crippen LogP contribution in [0.15, 0.2) is 18.5 Å². The molecule has 164 valence electrons. The van der Waals surface area contributed by atoms with Crippen LogP contribution in [0.25, 0.3) is 11.3 Å². The first-order chi connectivity index (χ1) is 14.9. The number of alkyl halides is 3. The van der Waals surface area contributed by atoms with Gasteiger partial charge in [0.1, 0.15) is 5.82 Å². The number of nitrogen functional groups attached to an aromatic ring is 1. The summed E-state index contributed by atoms with van der Waals surface area (Å²) < 4.78 is 50.0. The number of rotatable bonds is 6. The molecule has 3 aliphatic heterocycles. The van der Waals surface area contributed by atoms with Crippen molar-refractivity contribution in [2.45, 2.75) is 43.2 Å². The summed E-state index contributed by atoms with van der Waals surface area (Å²) in [6.07, 6.45) is 1.99. The summed E-state index contributed by atoms with van der Waals surface area (Å²) in [6.45, 7) is 2.73.